The van der Waals surface area contributed by atoms with E-state index in [4.69, 9.17) is 4.74 Å². The molecule has 1 heterocycles. The van der Waals surface area contributed by atoms with E-state index in [1.165, 1.54) is 4.90 Å². The Morgan fingerprint density at radius 1 is 1.42 bits per heavy atom. The molecule has 1 aliphatic heterocycles. The first-order valence-electron chi connectivity index (χ1n) is 8.04. The van der Waals surface area contributed by atoms with Crippen LogP contribution in [-0.4, -0.2) is 68.5 Å². The summed E-state index contributed by atoms with van der Waals surface area (Å²) in [5, 5.41) is 2.84. The van der Waals surface area contributed by atoms with Crippen LogP contribution in [-0.2, 0) is 9.59 Å². The lowest BCUT2D eigenvalue weighted by atomic mass is 10.1. The summed E-state index contributed by atoms with van der Waals surface area (Å²) in [7, 11) is 5.05. The first kappa shape index (κ1) is 18.0. The molecule has 24 heavy (non-hydrogen) atoms. The third-order valence-electron chi connectivity index (χ3n) is 4.08. The number of piperazine rings is 1. The maximum absolute atomic E-state index is 12.1. The summed E-state index contributed by atoms with van der Waals surface area (Å²) >= 11 is 0. The lowest BCUT2D eigenvalue weighted by Gasteiger charge is -2.34. The summed E-state index contributed by atoms with van der Waals surface area (Å²) in [5.41, 5.74) is 0.988. The van der Waals surface area contributed by atoms with Gasteiger partial charge in [0, 0.05) is 39.3 Å². The lowest BCUT2D eigenvalue weighted by molar-refractivity contribution is -0.137. The van der Waals surface area contributed by atoms with Gasteiger partial charge >= 0.3 is 0 Å². The second kappa shape index (κ2) is 8.49. The van der Waals surface area contributed by atoms with Crippen LogP contribution in [0.5, 0.6) is 5.75 Å². The van der Waals surface area contributed by atoms with Crippen molar-refractivity contribution in [2.24, 2.45) is 0 Å². The molecule has 2 rings (SSSR count). The highest BCUT2D eigenvalue weighted by atomic mass is 16.5. The summed E-state index contributed by atoms with van der Waals surface area (Å²) in [6.45, 7) is 1.94. The number of hydrogen-bond acceptors (Lipinski definition) is 4. The molecule has 0 aliphatic carbocycles. The van der Waals surface area contributed by atoms with Crippen molar-refractivity contribution in [2.45, 2.75) is 12.5 Å². The quantitative estimate of drug-likeness (QED) is 0.844. The van der Waals surface area contributed by atoms with Crippen LogP contribution < -0.4 is 10.1 Å². The van der Waals surface area contributed by atoms with Crippen molar-refractivity contribution in [3.63, 3.8) is 0 Å². The number of carbonyl (C=O) groups is 2. The second-order valence-electron chi connectivity index (χ2n) is 5.94. The van der Waals surface area contributed by atoms with Gasteiger partial charge < -0.3 is 15.0 Å². The fraction of sp³-hybridized carbons (Fsp3) is 0.444. The van der Waals surface area contributed by atoms with Gasteiger partial charge in [0.1, 0.15) is 5.75 Å². The third kappa shape index (κ3) is 4.58. The molecule has 1 unspecified atom stereocenters. The zero-order chi connectivity index (χ0) is 17.5. The van der Waals surface area contributed by atoms with Crippen molar-refractivity contribution >= 4 is 17.9 Å². The molecule has 0 spiro atoms. The molecule has 130 valence electrons. The number of carbonyl (C=O) groups excluding carboxylic acids is 2. The van der Waals surface area contributed by atoms with Crippen LogP contribution in [0, 0.1) is 0 Å². The van der Waals surface area contributed by atoms with Gasteiger partial charge in [0.15, 0.2) is 0 Å². The van der Waals surface area contributed by atoms with Gasteiger partial charge in [0.25, 0.3) is 0 Å². The number of methoxy groups -OCH3 is 1. The Labute approximate surface area is 143 Å². The van der Waals surface area contributed by atoms with Gasteiger partial charge in [-0.3, -0.25) is 14.5 Å². The van der Waals surface area contributed by atoms with Crippen molar-refractivity contribution in [1.82, 2.24) is 15.1 Å². The lowest BCUT2D eigenvalue weighted by Crippen LogP contribution is -2.56. The summed E-state index contributed by atoms with van der Waals surface area (Å²) in [4.78, 5) is 27.6. The van der Waals surface area contributed by atoms with Crippen LogP contribution in [0.1, 0.15) is 12.0 Å². The predicted octanol–water partition coefficient (Wildman–Crippen LogP) is 0.987. The molecule has 1 aliphatic rings. The fourth-order valence-corrected chi connectivity index (χ4v) is 2.67. The van der Waals surface area contributed by atoms with E-state index >= 15 is 0 Å². The molecule has 0 radical (unpaired) electrons. The molecule has 2 amide bonds. The number of hydrogen-bond donors (Lipinski definition) is 1. The van der Waals surface area contributed by atoms with Gasteiger partial charge in [0.05, 0.1) is 19.6 Å². The number of benzene rings is 1. The third-order valence-corrected chi connectivity index (χ3v) is 4.08. The average Bonchev–Trinajstić information content (AvgIpc) is 2.57. The Morgan fingerprint density at radius 2 is 2.17 bits per heavy atom. The molecule has 1 aromatic carbocycles. The largest absolute Gasteiger partial charge is 0.496 e. The SMILES string of the molecule is COc1ccccc1C=CCN1CCNC(=O)C1CC(=O)N(C)C. The highest BCUT2D eigenvalue weighted by Gasteiger charge is 2.31. The number of nitrogens with one attached hydrogen (secondary N) is 1. The van der Waals surface area contributed by atoms with Crippen LogP contribution in [0.25, 0.3) is 6.08 Å². The summed E-state index contributed by atoms with van der Waals surface area (Å²) in [5.74, 6) is 0.683. The number of nitrogens with zero attached hydrogens (tertiary/aromatic N) is 2. The van der Waals surface area contributed by atoms with Crippen molar-refractivity contribution in [2.75, 3.05) is 40.8 Å². The van der Waals surface area contributed by atoms with Crippen LogP contribution >= 0.6 is 0 Å². The molecule has 1 aromatic rings. The van der Waals surface area contributed by atoms with Crippen LogP contribution in [0.15, 0.2) is 30.3 Å². The number of ether oxygens (including phenoxy) is 1. The summed E-state index contributed by atoms with van der Waals surface area (Å²) in [6, 6.07) is 7.34. The molecule has 1 N–H and O–H groups in total. The first-order valence-corrected chi connectivity index (χ1v) is 8.04. The Bertz CT molecular complexity index is 613. The molecule has 1 atom stereocenters. The first-order chi connectivity index (χ1) is 11.5. The smallest absolute Gasteiger partial charge is 0.237 e. The van der Waals surface area contributed by atoms with E-state index in [0.29, 0.717) is 13.1 Å². The molecular weight excluding hydrogens is 306 g/mol. The van der Waals surface area contributed by atoms with Crippen LogP contribution in [0.2, 0.25) is 0 Å². The van der Waals surface area contributed by atoms with Crippen LogP contribution in [0.4, 0.5) is 0 Å². The fourth-order valence-electron chi connectivity index (χ4n) is 2.67. The zero-order valence-electron chi connectivity index (χ0n) is 14.5. The molecule has 0 bridgehead atoms. The van der Waals surface area contributed by atoms with E-state index in [1.807, 2.05) is 41.3 Å². The van der Waals surface area contributed by atoms with Gasteiger partial charge in [-0.15, -0.1) is 0 Å². The highest BCUT2D eigenvalue weighted by Crippen LogP contribution is 2.19. The zero-order valence-corrected chi connectivity index (χ0v) is 14.5. The minimum atomic E-state index is -0.420. The maximum Gasteiger partial charge on any atom is 0.237 e. The Kier molecular flexibility index (Phi) is 6.37. The Hall–Kier alpha value is -2.34. The van der Waals surface area contributed by atoms with Gasteiger partial charge in [-0.1, -0.05) is 30.4 Å². The second-order valence-corrected chi connectivity index (χ2v) is 5.94. The van der Waals surface area contributed by atoms with Crippen molar-refractivity contribution < 1.29 is 14.3 Å². The molecule has 0 saturated carbocycles. The molecule has 1 saturated heterocycles. The summed E-state index contributed by atoms with van der Waals surface area (Å²) in [6.07, 6.45) is 4.18. The van der Waals surface area contributed by atoms with Gasteiger partial charge in [-0.05, 0) is 6.07 Å². The van der Waals surface area contributed by atoms with E-state index in [9.17, 15) is 9.59 Å². The molecule has 6 nitrogen and oxygen atoms in total. The van der Waals surface area contributed by atoms with E-state index in [0.717, 1.165) is 17.9 Å². The van der Waals surface area contributed by atoms with Crippen molar-refractivity contribution in [3.8, 4) is 5.75 Å². The molecule has 6 heteroatoms. The number of para-hydroxylation sites is 1. The Balaban J connectivity index is 2.04. The van der Waals surface area contributed by atoms with E-state index in [1.54, 1.807) is 21.2 Å². The molecule has 0 aromatic heterocycles. The van der Waals surface area contributed by atoms with E-state index in [2.05, 4.69) is 5.32 Å². The molecule has 1 fully saturated rings. The standard InChI is InChI=1S/C18H25N3O3/c1-20(2)17(22)13-15-18(23)19-10-12-21(15)11-6-8-14-7-4-5-9-16(14)24-3/h4-9,15H,10-13H2,1-3H3,(H,19,23). The van der Waals surface area contributed by atoms with Gasteiger partial charge in [0.2, 0.25) is 11.8 Å². The minimum absolute atomic E-state index is 0.0456. The number of amides is 2. The highest BCUT2D eigenvalue weighted by molar-refractivity contribution is 5.88. The average molecular weight is 331 g/mol. The predicted molar refractivity (Wildman–Crippen MR) is 93.7 cm³/mol. The van der Waals surface area contributed by atoms with Crippen molar-refractivity contribution in [3.05, 3.63) is 35.9 Å². The van der Waals surface area contributed by atoms with Gasteiger partial charge in [-0.25, -0.2) is 0 Å². The summed E-state index contributed by atoms with van der Waals surface area (Å²) < 4.78 is 5.33. The number of rotatable bonds is 6. The minimum Gasteiger partial charge on any atom is -0.496 e. The maximum atomic E-state index is 12.1. The van der Waals surface area contributed by atoms with Crippen molar-refractivity contribution in [1.29, 1.82) is 0 Å². The molecular formula is C18H25N3O3. The monoisotopic (exact) mass is 331 g/mol. The van der Waals surface area contributed by atoms with E-state index in [-0.39, 0.29) is 18.2 Å². The van der Waals surface area contributed by atoms with E-state index < -0.39 is 6.04 Å². The van der Waals surface area contributed by atoms with Crippen LogP contribution in [0.3, 0.4) is 0 Å². The van der Waals surface area contributed by atoms with Gasteiger partial charge in [-0.2, -0.15) is 0 Å². The normalized spacial score (nSPS) is 18.5. The topological polar surface area (TPSA) is 61.9 Å². The Morgan fingerprint density at radius 3 is 2.88 bits per heavy atom.